The highest BCUT2D eigenvalue weighted by Crippen LogP contribution is 2.21. The first-order chi connectivity index (χ1) is 10.2. The summed E-state index contributed by atoms with van der Waals surface area (Å²) in [5, 5.41) is 9.03. The minimum absolute atomic E-state index is 0.134. The Morgan fingerprint density at radius 1 is 1.29 bits per heavy atom. The topological polar surface area (TPSA) is 43.8 Å². The minimum atomic E-state index is 0.134. The van der Waals surface area contributed by atoms with Crippen molar-refractivity contribution < 1.29 is 9.90 Å². The van der Waals surface area contributed by atoms with Crippen molar-refractivity contribution in [2.75, 3.05) is 45.6 Å². The number of nitrogens with zero attached hydrogens (tertiary/aromatic N) is 2. The van der Waals surface area contributed by atoms with E-state index in [2.05, 4.69) is 11.0 Å². The van der Waals surface area contributed by atoms with Crippen LogP contribution in [0.1, 0.15) is 22.3 Å². The first-order valence-electron chi connectivity index (χ1n) is 7.43. The largest absolute Gasteiger partial charge is 0.395 e. The number of rotatable bonds is 4. The van der Waals surface area contributed by atoms with Crippen LogP contribution in [-0.2, 0) is 0 Å². The van der Waals surface area contributed by atoms with Gasteiger partial charge in [-0.25, -0.2) is 0 Å². The zero-order valence-electron chi connectivity index (χ0n) is 12.8. The standard InChI is InChI=1S/C16H24N2O2S/c1-13-4-5-14(21-2)12-15(13)16(20)18-7-3-6-17(8-9-18)10-11-19/h4-5,12,19H,3,6-11H2,1-2H3. The Labute approximate surface area is 131 Å². The van der Waals surface area contributed by atoms with Crippen LogP contribution in [0.4, 0.5) is 0 Å². The number of aliphatic hydroxyl groups is 1. The summed E-state index contributed by atoms with van der Waals surface area (Å²) in [5.41, 5.74) is 1.85. The Hall–Kier alpha value is -1.04. The first-order valence-corrected chi connectivity index (χ1v) is 8.65. The SMILES string of the molecule is CSc1ccc(C)c(C(=O)N2CCCN(CCO)CC2)c1. The molecule has 1 fully saturated rings. The van der Waals surface area contributed by atoms with E-state index < -0.39 is 0 Å². The summed E-state index contributed by atoms with van der Waals surface area (Å²) in [7, 11) is 0. The summed E-state index contributed by atoms with van der Waals surface area (Å²) in [4.78, 5) is 18.0. The molecule has 0 atom stereocenters. The third kappa shape index (κ3) is 4.22. The molecule has 1 amide bonds. The third-order valence-electron chi connectivity index (χ3n) is 3.97. The Kier molecular flexibility index (Phi) is 6.08. The fraction of sp³-hybridized carbons (Fsp3) is 0.562. The van der Waals surface area contributed by atoms with E-state index in [1.54, 1.807) is 11.8 Å². The van der Waals surface area contributed by atoms with Gasteiger partial charge in [0.1, 0.15) is 0 Å². The number of benzene rings is 1. The van der Waals surface area contributed by atoms with Crippen LogP contribution in [0.25, 0.3) is 0 Å². The molecule has 1 aliphatic rings. The van der Waals surface area contributed by atoms with Crippen molar-refractivity contribution in [3.05, 3.63) is 29.3 Å². The van der Waals surface area contributed by atoms with Crippen molar-refractivity contribution >= 4 is 17.7 Å². The van der Waals surface area contributed by atoms with Gasteiger partial charge >= 0.3 is 0 Å². The number of thioether (sulfide) groups is 1. The summed E-state index contributed by atoms with van der Waals surface area (Å²) < 4.78 is 0. The van der Waals surface area contributed by atoms with Crippen molar-refractivity contribution in [2.24, 2.45) is 0 Å². The van der Waals surface area contributed by atoms with Crippen molar-refractivity contribution in [1.82, 2.24) is 9.80 Å². The fourth-order valence-corrected chi connectivity index (χ4v) is 3.11. The molecule has 21 heavy (non-hydrogen) atoms. The molecule has 0 bridgehead atoms. The molecule has 0 aromatic heterocycles. The van der Waals surface area contributed by atoms with Gasteiger partial charge in [0.25, 0.3) is 5.91 Å². The maximum Gasteiger partial charge on any atom is 0.254 e. The smallest absolute Gasteiger partial charge is 0.254 e. The van der Waals surface area contributed by atoms with Gasteiger partial charge in [0.05, 0.1) is 6.61 Å². The monoisotopic (exact) mass is 308 g/mol. The molecule has 0 aliphatic carbocycles. The van der Waals surface area contributed by atoms with Crippen LogP contribution in [-0.4, -0.2) is 66.4 Å². The van der Waals surface area contributed by atoms with Gasteiger partial charge in [-0.15, -0.1) is 11.8 Å². The van der Waals surface area contributed by atoms with Crippen LogP contribution < -0.4 is 0 Å². The fourth-order valence-electron chi connectivity index (χ4n) is 2.67. The quantitative estimate of drug-likeness (QED) is 0.862. The highest BCUT2D eigenvalue weighted by atomic mass is 32.2. The van der Waals surface area contributed by atoms with Gasteiger partial charge in [0.15, 0.2) is 0 Å². The molecule has 1 saturated heterocycles. The Morgan fingerprint density at radius 3 is 2.81 bits per heavy atom. The maximum atomic E-state index is 12.8. The van der Waals surface area contributed by atoms with Gasteiger partial charge in [-0.1, -0.05) is 6.07 Å². The molecule has 1 heterocycles. The van der Waals surface area contributed by atoms with Crippen LogP contribution in [0, 0.1) is 6.92 Å². The highest BCUT2D eigenvalue weighted by Gasteiger charge is 2.21. The van der Waals surface area contributed by atoms with Gasteiger partial charge in [-0.2, -0.15) is 0 Å². The molecule has 1 aromatic rings. The second-order valence-electron chi connectivity index (χ2n) is 5.39. The number of hydrogen-bond acceptors (Lipinski definition) is 4. The Morgan fingerprint density at radius 2 is 2.10 bits per heavy atom. The lowest BCUT2D eigenvalue weighted by Crippen LogP contribution is -2.36. The summed E-state index contributed by atoms with van der Waals surface area (Å²) in [5.74, 6) is 0.134. The molecule has 0 radical (unpaired) electrons. The molecule has 1 aromatic carbocycles. The third-order valence-corrected chi connectivity index (χ3v) is 4.69. The molecular formula is C16H24N2O2S. The van der Waals surface area contributed by atoms with Gasteiger partial charge in [0.2, 0.25) is 0 Å². The molecule has 2 rings (SSSR count). The highest BCUT2D eigenvalue weighted by molar-refractivity contribution is 7.98. The second kappa shape index (κ2) is 7.82. The van der Waals surface area contributed by atoms with E-state index in [-0.39, 0.29) is 12.5 Å². The number of aliphatic hydroxyl groups excluding tert-OH is 1. The average Bonchev–Trinajstić information content (AvgIpc) is 2.73. The van der Waals surface area contributed by atoms with Crippen LogP contribution in [0.3, 0.4) is 0 Å². The van der Waals surface area contributed by atoms with Gasteiger partial charge in [-0.3, -0.25) is 9.69 Å². The lowest BCUT2D eigenvalue weighted by Gasteiger charge is -2.22. The molecule has 4 nitrogen and oxygen atoms in total. The molecule has 0 unspecified atom stereocenters. The first kappa shape index (κ1) is 16.3. The van der Waals surface area contributed by atoms with Gasteiger partial charge in [-0.05, 0) is 43.8 Å². The number of carbonyl (C=O) groups is 1. The number of amides is 1. The van der Waals surface area contributed by atoms with Crippen LogP contribution in [0.5, 0.6) is 0 Å². The van der Waals surface area contributed by atoms with Crippen LogP contribution >= 0.6 is 11.8 Å². The van der Waals surface area contributed by atoms with E-state index in [0.29, 0.717) is 6.54 Å². The molecule has 0 spiro atoms. The summed E-state index contributed by atoms with van der Waals surface area (Å²) in [6.07, 6.45) is 2.99. The predicted molar refractivity (Wildman–Crippen MR) is 87.0 cm³/mol. The molecule has 5 heteroatoms. The van der Waals surface area contributed by atoms with E-state index in [9.17, 15) is 4.79 Å². The minimum Gasteiger partial charge on any atom is -0.395 e. The van der Waals surface area contributed by atoms with Gasteiger partial charge < -0.3 is 10.0 Å². The Bertz CT molecular complexity index is 493. The van der Waals surface area contributed by atoms with Gasteiger partial charge in [0, 0.05) is 36.6 Å². The number of carbonyl (C=O) groups excluding carboxylic acids is 1. The van der Waals surface area contributed by atoms with Crippen molar-refractivity contribution in [3.63, 3.8) is 0 Å². The average molecular weight is 308 g/mol. The number of hydrogen-bond donors (Lipinski definition) is 1. The van der Waals surface area contributed by atoms with E-state index in [4.69, 9.17) is 5.11 Å². The lowest BCUT2D eigenvalue weighted by molar-refractivity contribution is 0.0759. The summed E-state index contributed by atoms with van der Waals surface area (Å²) in [6, 6.07) is 6.08. The number of aryl methyl sites for hydroxylation is 1. The zero-order chi connectivity index (χ0) is 15.2. The van der Waals surface area contributed by atoms with E-state index in [1.807, 2.05) is 30.2 Å². The molecule has 0 saturated carbocycles. The van der Waals surface area contributed by atoms with Crippen LogP contribution in [0.2, 0.25) is 0 Å². The van der Waals surface area contributed by atoms with E-state index in [1.165, 1.54) is 0 Å². The lowest BCUT2D eigenvalue weighted by atomic mass is 10.1. The molecule has 116 valence electrons. The second-order valence-corrected chi connectivity index (χ2v) is 6.27. The van der Waals surface area contributed by atoms with Crippen molar-refractivity contribution in [3.8, 4) is 0 Å². The van der Waals surface area contributed by atoms with Crippen LogP contribution in [0.15, 0.2) is 23.1 Å². The normalized spacial score (nSPS) is 16.8. The van der Waals surface area contributed by atoms with E-state index in [0.717, 1.165) is 48.6 Å². The summed E-state index contributed by atoms with van der Waals surface area (Å²) in [6.45, 7) is 6.20. The van der Waals surface area contributed by atoms with Crippen molar-refractivity contribution in [1.29, 1.82) is 0 Å². The zero-order valence-corrected chi connectivity index (χ0v) is 13.7. The summed E-state index contributed by atoms with van der Waals surface area (Å²) >= 11 is 1.66. The maximum absolute atomic E-state index is 12.8. The molecular weight excluding hydrogens is 284 g/mol. The van der Waals surface area contributed by atoms with Crippen molar-refractivity contribution in [2.45, 2.75) is 18.2 Å². The molecule has 1 aliphatic heterocycles. The van der Waals surface area contributed by atoms with E-state index >= 15 is 0 Å². The predicted octanol–water partition coefficient (Wildman–Crippen LogP) is 1.86. The molecule has 1 N–H and O–H groups in total. The number of β-amino-alcohol motifs (C(OH)–C–C–N with tert-alkyl or cyclic N) is 1. The Balaban J connectivity index is 2.09.